The molecule has 2 aromatic rings. The molecule has 2 N–H and O–H groups in total. The van der Waals surface area contributed by atoms with Gasteiger partial charge in [0, 0.05) is 30.3 Å². The number of rotatable bonds is 5. The van der Waals surface area contributed by atoms with Gasteiger partial charge >= 0.3 is 0 Å². The molecule has 0 saturated heterocycles. The van der Waals surface area contributed by atoms with Crippen molar-refractivity contribution < 1.29 is 9.53 Å². The highest BCUT2D eigenvalue weighted by molar-refractivity contribution is 5.93. The Morgan fingerprint density at radius 2 is 1.87 bits per heavy atom. The predicted molar refractivity (Wildman–Crippen MR) is 90.9 cm³/mol. The van der Waals surface area contributed by atoms with Crippen molar-refractivity contribution >= 4 is 17.3 Å². The first-order valence-electron chi connectivity index (χ1n) is 7.53. The van der Waals surface area contributed by atoms with E-state index < -0.39 is 0 Å². The molecular weight excluding hydrogens is 290 g/mol. The molecule has 0 unspecified atom stereocenters. The van der Waals surface area contributed by atoms with Gasteiger partial charge < -0.3 is 10.1 Å². The number of hydrogen-bond acceptors (Lipinski definition) is 4. The molecule has 0 heterocycles. The Bertz CT molecular complexity index is 714. The third-order valence-corrected chi connectivity index (χ3v) is 3.77. The second-order valence-corrected chi connectivity index (χ2v) is 5.42. The summed E-state index contributed by atoms with van der Waals surface area (Å²) in [6, 6.07) is 15.7. The zero-order valence-corrected chi connectivity index (χ0v) is 13.0. The number of hydrazone groups is 1. The highest BCUT2D eigenvalue weighted by atomic mass is 16.5. The summed E-state index contributed by atoms with van der Waals surface area (Å²) in [7, 11) is 1.61. The van der Waals surface area contributed by atoms with E-state index in [1.165, 1.54) is 11.1 Å². The molecule has 0 atom stereocenters. The number of benzene rings is 2. The van der Waals surface area contributed by atoms with Crippen LogP contribution >= 0.6 is 0 Å². The van der Waals surface area contributed by atoms with Crippen LogP contribution in [0.25, 0.3) is 0 Å². The topological polar surface area (TPSA) is 62.7 Å². The van der Waals surface area contributed by atoms with Crippen molar-refractivity contribution in [3.8, 4) is 5.75 Å². The van der Waals surface area contributed by atoms with Gasteiger partial charge in [-0.2, -0.15) is 5.10 Å². The van der Waals surface area contributed by atoms with Crippen LogP contribution in [0.2, 0.25) is 0 Å². The number of fused-ring (bicyclic) bond motifs is 1. The van der Waals surface area contributed by atoms with Crippen molar-refractivity contribution in [1.29, 1.82) is 0 Å². The Labute approximate surface area is 135 Å². The number of hydrogen-bond donors (Lipinski definition) is 2. The Morgan fingerprint density at radius 3 is 2.57 bits per heavy atom. The number of methoxy groups -OCH3 is 1. The van der Waals surface area contributed by atoms with Crippen LogP contribution < -0.4 is 15.5 Å². The largest absolute Gasteiger partial charge is 0.497 e. The molecular formula is C18H19N3O2. The van der Waals surface area contributed by atoms with Gasteiger partial charge in [-0.05, 0) is 23.3 Å². The van der Waals surface area contributed by atoms with E-state index in [0.717, 1.165) is 30.0 Å². The first-order chi connectivity index (χ1) is 11.2. The molecule has 0 saturated carbocycles. The monoisotopic (exact) mass is 309 g/mol. The minimum atomic E-state index is -0.170. The first-order valence-corrected chi connectivity index (χ1v) is 7.53. The SMILES string of the molecule is COc1cccc(NCC(=O)NN=C2Cc3ccccc3C2)c1. The predicted octanol–water partition coefficient (Wildman–Crippen LogP) is 2.38. The van der Waals surface area contributed by atoms with Crippen LogP contribution in [0.1, 0.15) is 11.1 Å². The second kappa shape index (κ2) is 6.96. The zero-order chi connectivity index (χ0) is 16.1. The molecule has 1 amide bonds. The van der Waals surface area contributed by atoms with Crippen LogP contribution in [0.3, 0.4) is 0 Å². The van der Waals surface area contributed by atoms with Crippen LogP contribution in [0.15, 0.2) is 53.6 Å². The average Bonchev–Trinajstić information content (AvgIpc) is 3.01. The molecule has 118 valence electrons. The smallest absolute Gasteiger partial charge is 0.259 e. The van der Waals surface area contributed by atoms with E-state index in [4.69, 9.17) is 4.74 Å². The van der Waals surface area contributed by atoms with Gasteiger partial charge in [-0.3, -0.25) is 4.79 Å². The molecule has 0 bridgehead atoms. The van der Waals surface area contributed by atoms with Crippen molar-refractivity contribution in [2.45, 2.75) is 12.8 Å². The molecule has 1 aliphatic carbocycles. The van der Waals surface area contributed by atoms with Crippen LogP contribution in [0.4, 0.5) is 5.69 Å². The van der Waals surface area contributed by atoms with Crippen molar-refractivity contribution in [1.82, 2.24) is 5.43 Å². The van der Waals surface area contributed by atoms with E-state index in [-0.39, 0.29) is 12.5 Å². The fraction of sp³-hybridized carbons (Fsp3) is 0.222. The summed E-state index contributed by atoms with van der Waals surface area (Å²) in [6.45, 7) is 0.164. The number of carbonyl (C=O) groups excluding carboxylic acids is 1. The van der Waals surface area contributed by atoms with E-state index in [0.29, 0.717) is 0 Å². The highest BCUT2D eigenvalue weighted by Gasteiger charge is 2.16. The maximum Gasteiger partial charge on any atom is 0.259 e. The highest BCUT2D eigenvalue weighted by Crippen LogP contribution is 2.19. The van der Waals surface area contributed by atoms with Gasteiger partial charge in [-0.1, -0.05) is 30.3 Å². The summed E-state index contributed by atoms with van der Waals surface area (Å²) in [5.74, 6) is 0.579. The molecule has 0 radical (unpaired) electrons. The number of anilines is 1. The molecule has 1 aliphatic rings. The Hall–Kier alpha value is -2.82. The summed E-state index contributed by atoms with van der Waals surface area (Å²) in [5, 5.41) is 7.29. The number of nitrogens with zero attached hydrogens (tertiary/aromatic N) is 1. The lowest BCUT2D eigenvalue weighted by molar-refractivity contribution is -0.119. The Balaban J connectivity index is 1.50. The van der Waals surface area contributed by atoms with Crippen molar-refractivity contribution in [2.24, 2.45) is 5.10 Å². The molecule has 5 nitrogen and oxygen atoms in total. The summed E-state index contributed by atoms with van der Waals surface area (Å²) in [4.78, 5) is 11.9. The third-order valence-electron chi connectivity index (χ3n) is 3.77. The fourth-order valence-electron chi connectivity index (χ4n) is 2.58. The van der Waals surface area contributed by atoms with Crippen LogP contribution in [-0.4, -0.2) is 25.3 Å². The molecule has 3 rings (SSSR count). The van der Waals surface area contributed by atoms with Gasteiger partial charge in [0.1, 0.15) is 5.75 Å². The normalized spacial score (nSPS) is 12.5. The average molecular weight is 309 g/mol. The van der Waals surface area contributed by atoms with Gasteiger partial charge in [-0.15, -0.1) is 0 Å². The lowest BCUT2D eigenvalue weighted by atomic mass is 10.1. The lowest BCUT2D eigenvalue weighted by Crippen LogP contribution is -2.27. The maximum atomic E-state index is 11.9. The summed E-state index contributed by atoms with van der Waals surface area (Å²) >= 11 is 0. The quantitative estimate of drug-likeness (QED) is 0.834. The summed E-state index contributed by atoms with van der Waals surface area (Å²) in [6.07, 6.45) is 1.61. The first kappa shape index (κ1) is 15.1. The van der Waals surface area contributed by atoms with Gasteiger partial charge in [-0.25, -0.2) is 5.43 Å². The molecule has 0 spiro atoms. The third kappa shape index (κ3) is 3.88. The van der Waals surface area contributed by atoms with Crippen LogP contribution in [0, 0.1) is 0 Å². The second-order valence-electron chi connectivity index (χ2n) is 5.42. The number of ether oxygens (including phenoxy) is 1. The van der Waals surface area contributed by atoms with Crippen LogP contribution in [-0.2, 0) is 17.6 Å². The summed E-state index contributed by atoms with van der Waals surface area (Å²) in [5.41, 5.74) is 7.01. The molecule has 2 aromatic carbocycles. The number of carbonyl (C=O) groups is 1. The van der Waals surface area contributed by atoms with Gasteiger partial charge in [0.05, 0.1) is 13.7 Å². The molecule has 0 fully saturated rings. The Kier molecular flexibility index (Phi) is 4.57. The minimum absolute atomic E-state index is 0.164. The summed E-state index contributed by atoms with van der Waals surface area (Å²) < 4.78 is 5.14. The maximum absolute atomic E-state index is 11.9. The number of nitrogens with one attached hydrogen (secondary N) is 2. The van der Waals surface area contributed by atoms with E-state index in [2.05, 4.69) is 28.0 Å². The Morgan fingerprint density at radius 1 is 1.13 bits per heavy atom. The fourth-order valence-corrected chi connectivity index (χ4v) is 2.58. The van der Waals surface area contributed by atoms with Gasteiger partial charge in [0.25, 0.3) is 5.91 Å². The van der Waals surface area contributed by atoms with Crippen molar-refractivity contribution in [3.63, 3.8) is 0 Å². The lowest BCUT2D eigenvalue weighted by Gasteiger charge is -2.07. The van der Waals surface area contributed by atoms with Crippen molar-refractivity contribution in [2.75, 3.05) is 19.0 Å². The van der Waals surface area contributed by atoms with Crippen molar-refractivity contribution in [3.05, 3.63) is 59.7 Å². The molecule has 23 heavy (non-hydrogen) atoms. The standard InChI is InChI=1S/C18H19N3O2/c1-23-17-8-4-7-15(11-17)19-12-18(22)21-20-16-9-13-5-2-3-6-14(13)10-16/h2-8,11,19H,9-10,12H2,1H3,(H,21,22). The molecule has 5 heteroatoms. The minimum Gasteiger partial charge on any atom is -0.497 e. The molecule has 0 aromatic heterocycles. The van der Waals surface area contributed by atoms with E-state index in [9.17, 15) is 4.79 Å². The molecule has 0 aliphatic heterocycles. The van der Waals surface area contributed by atoms with Crippen LogP contribution in [0.5, 0.6) is 5.75 Å². The van der Waals surface area contributed by atoms with Gasteiger partial charge in [0.15, 0.2) is 0 Å². The van der Waals surface area contributed by atoms with E-state index >= 15 is 0 Å². The number of amides is 1. The van der Waals surface area contributed by atoms with E-state index in [1.807, 2.05) is 36.4 Å². The zero-order valence-electron chi connectivity index (χ0n) is 13.0. The van der Waals surface area contributed by atoms with Gasteiger partial charge in [0.2, 0.25) is 0 Å². The van der Waals surface area contributed by atoms with E-state index in [1.54, 1.807) is 7.11 Å².